The number of halogens is 3. The summed E-state index contributed by atoms with van der Waals surface area (Å²) in [4.78, 5) is 3.92. The van der Waals surface area contributed by atoms with Crippen molar-refractivity contribution < 1.29 is 4.39 Å². The summed E-state index contributed by atoms with van der Waals surface area (Å²) in [6, 6.07) is 1.46. The second-order valence-corrected chi connectivity index (χ2v) is 3.01. The van der Waals surface area contributed by atoms with Crippen LogP contribution in [-0.2, 0) is 0 Å². The van der Waals surface area contributed by atoms with Crippen molar-refractivity contribution in [3.63, 3.8) is 0 Å². The highest BCUT2D eigenvalue weighted by molar-refractivity contribution is 5.85. The number of aryl methyl sites for hydroxylation is 1. The molecule has 0 spiro atoms. The lowest BCUT2D eigenvalue weighted by Crippen LogP contribution is -2.03. The average Bonchev–Trinajstić information content (AvgIpc) is 2.13. The normalized spacial score (nSPS) is 10.9. The van der Waals surface area contributed by atoms with Gasteiger partial charge >= 0.3 is 0 Å². The Balaban J connectivity index is 0. The number of nitrogens with zero attached hydrogens (tertiary/aromatic N) is 1. The van der Waals surface area contributed by atoms with E-state index in [2.05, 4.69) is 4.98 Å². The average molecular weight is 253 g/mol. The molecule has 0 radical (unpaired) electrons. The molecule has 0 saturated carbocycles. The molecule has 2 nitrogen and oxygen atoms in total. The number of rotatable bonds is 3. The van der Waals surface area contributed by atoms with E-state index in [1.165, 1.54) is 18.5 Å². The van der Waals surface area contributed by atoms with Crippen molar-refractivity contribution in [1.29, 1.82) is 5.41 Å². The first-order valence-electron chi connectivity index (χ1n) is 4.31. The molecule has 1 aromatic heterocycles. The van der Waals surface area contributed by atoms with Crippen molar-refractivity contribution in [2.24, 2.45) is 0 Å². The summed E-state index contributed by atoms with van der Waals surface area (Å²) in [5.74, 6) is -0.343. The van der Waals surface area contributed by atoms with Gasteiger partial charge in [-0.05, 0) is 25.0 Å². The van der Waals surface area contributed by atoms with E-state index in [0.29, 0.717) is 0 Å². The fraction of sp³-hybridized carbons (Fsp3) is 0.400. The summed E-state index contributed by atoms with van der Waals surface area (Å²) in [5.41, 5.74) is 1.62. The quantitative estimate of drug-likeness (QED) is 0.822. The first-order valence-corrected chi connectivity index (χ1v) is 4.31. The summed E-state index contributed by atoms with van der Waals surface area (Å²) >= 11 is 0. The van der Waals surface area contributed by atoms with Gasteiger partial charge in [-0.1, -0.05) is 6.92 Å². The summed E-state index contributed by atoms with van der Waals surface area (Å²) in [6.07, 6.45) is 3.34. The first kappa shape index (κ1) is 16.7. The van der Waals surface area contributed by atoms with Crippen molar-refractivity contribution in [2.45, 2.75) is 26.2 Å². The van der Waals surface area contributed by atoms with Crippen molar-refractivity contribution in [3.8, 4) is 0 Å². The van der Waals surface area contributed by atoms with E-state index in [0.717, 1.165) is 17.7 Å². The van der Waals surface area contributed by atoms with Crippen LogP contribution < -0.4 is 0 Å². The third-order valence-electron chi connectivity index (χ3n) is 2.13. The minimum atomic E-state index is -0.332. The molecular weight excluding hydrogens is 238 g/mol. The van der Waals surface area contributed by atoms with Crippen LogP contribution >= 0.6 is 24.8 Å². The molecule has 5 heteroatoms. The molecule has 0 aliphatic heterocycles. The number of aromatic nitrogens is 1. The summed E-state index contributed by atoms with van der Waals surface area (Å²) < 4.78 is 12.8. The van der Waals surface area contributed by atoms with Crippen LogP contribution in [0.15, 0.2) is 12.3 Å². The van der Waals surface area contributed by atoms with Crippen LogP contribution in [0.4, 0.5) is 4.39 Å². The lowest BCUT2D eigenvalue weighted by Gasteiger charge is -2.11. The second kappa shape index (κ2) is 7.60. The van der Waals surface area contributed by atoms with Gasteiger partial charge in [0.25, 0.3) is 0 Å². The third-order valence-corrected chi connectivity index (χ3v) is 2.13. The Kier molecular flexibility index (Phi) is 8.49. The van der Waals surface area contributed by atoms with E-state index in [9.17, 15) is 4.39 Å². The number of hydrogen-bond acceptors (Lipinski definition) is 2. The van der Waals surface area contributed by atoms with E-state index in [1.54, 1.807) is 0 Å². The molecule has 1 heterocycles. The fourth-order valence-corrected chi connectivity index (χ4v) is 1.33. The van der Waals surface area contributed by atoms with Crippen molar-refractivity contribution in [2.75, 3.05) is 0 Å². The molecule has 1 atom stereocenters. The zero-order valence-electron chi connectivity index (χ0n) is 8.66. The smallest absolute Gasteiger partial charge is 0.141 e. The Labute approximate surface area is 102 Å². The first-order chi connectivity index (χ1) is 6.19. The van der Waals surface area contributed by atoms with Gasteiger partial charge in [0, 0.05) is 17.8 Å². The Bertz CT molecular complexity index is 318. The van der Waals surface area contributed by atoms with E-state index >= 15 is 0 Å². The molecule has 86 valence electrons. The molecule has 0 fully saturated rings. The predicted octanol–water partition coefficient (Wildman–Crippen LogP) is 3.52. The maximum absolute atomic E-state index is 12.8. The van der Waals surface area contributed by atoms with Gasteiger partial charge in [-0.3, -0.25) is 4.98 Å². The Morgan fingerprint density at radius 1 is 1.53 bits per heavy atom. The second-order valence-electron chi connectivity index (χ2n) is 3.01. The molecule has 0 amide bonds. The Hall–Kier alpha value is -0.670. The standard InChI is InChI=1S/C10H13FN2.2ClH/c1-3-8(5-12)10-4-9(11)6-13-7(10)2;;/h4-6,8,12H,3H2,1-2H3;2*1H/t8-;;/m0../s1. The van der Waals surface area contributed by atoms with Gasteiger partial charge in [0.1, 0.15) is 5.82 Å². The maximum Gasteiger partial charge on any atom is 0.141 e. The monoisotopic (exact) mass is 252 g/mol. The molecule has 0 aliphatic rings. The largest absolute Gasteiger partial charge is 0.312 e. The van der Waals surface area contributed by atoms with Gasteiger partial charge in [0.05, 0.1) is 6.20 Å². The molecule has 0 aliphatic carbocycles. The van der Waals surface area contributed by atoms with E-state index in [4.69, 9.17) is 5.41 Å². The van der Waals surface area contributed by atoms with Crippen LogP contribution in [0.2, 0.25) is 0 Å². The third kappa shape index (κ3) is 4.14. The molecular formula is C10H15Cl2FN2. The molecule has 1 aromatic rings. The minimum absolute atomic E-state index is 0. The van der Waals surface area contributed by atoms with Gasteiger partial charge in [-0.2, -0.15) is 0 Å². The van der Waals surface area contributed by atoms with Crippen LogP contribution in [0.3, 0.4) is 0 Å². The van der Waals surface area contributed by atoms with Crippen LogP contribution in [0, 0.1) is 18.2 Å². The summed E-state index contributed by atoms with van der Waals surface area (Å²) in [7, 11) is 0. The van der Waals surface area contributed by atoms with Crippen LogP contribution in [-0.4, -0.2) is 11.2 Å². The van der Waals surface area contributed by atoms with Crippen molar-refractivity contribution >= 4 is 31.0 Å². The van der Waals surface area contributed by atoms with E-state index < -0.39 is 0 Å². The van der Waals surface area contributed by atoms with E-state index in [1.807, 2.05) is 13.8 Å². The number of hydrogen-bond donors (Lipinski definition) is 1. The molecule has 0 aromatic carbocycles. The fourth-order valence-electron chi connectivity index (χ4n) is 1.33. The van der Waals surface area contributed by atoms with E-state index in [-0.39, 0.29) is 36.5 Å². The van der Waals surface area contributed by atoms with Crippen LogP contribution in [0.1, 0.15) is 30.5 Å². The van der Waals surface area contributed by atoms with Crippen LogP contribution in [0.25, 0.3) is 0 Å². The molecule has 1 N–H and O–H groups in total. The van der Waals surface area contributed by atoms with Gasteiger partial charge in [0.15, 0.2) is 0 Å². The lowest BCUT2D eigenvalue weighted by atomic mass is 9.97. The van der Waals surface area contributed by atoms with Gasteiger partial charge < -0.3 is 5.41 Å². The van der Waals surface area contributed by atoms with Gasteiger partial charge in [-0.15, -0.1) is 24.8 Å². The SMILES string of the molecule is CC[C@@H](C=N)c1cc(F)cnc1C.Cl.Cl. The lowest BCUT2D eigenvalue weighted by molar-refractivity contribution is 0.615. The molecule has 0 unspecified atom stereocenters. The predicted molar refractivity (Wildman–Crippen MR) is 65.2 cm³/mol. The zero-order chi connectivity index (χ0) is 9.84. The molecule has 1 rings (SSSR count). The maximum atomic E-state index is 12.8. The van der Waals surface area contributed by atoms with Crippen LogP contribution in [0.5, 0.6) is 0 Å². The molecule has 15 heavy (non-hydrogen) atoms. The topological polar surface area (TPSA) is 36.7 Å². The Morgan fingerprint density at radius 3 is 2.60 bits per heavy atom. The Morgan fingerprint density at radius 2 is 2.13 bits per heavy atom. The summed E-state index contributed by atoms with van der Waals surface area (Å²) in [6.45, 7) is 3.81. The van der Waals surface area contributed by atoms with Crippen molar-refractivity contribution in [1.82, 2.24) is 4.98 Å². The minimum Gasteiger partial charge on any atom is -0.312 e. The molecule has 0 bridgehead atoms. The highest BCUT2D eigenvalue weighted by Crippen LogP contribution is 2.20. The van der Waals surface area contributed by atoms with Gasteiger partial charge in [0.2, 0.25) is 0 Å². The van der Waals surface area contributed by atoms with Crippen molar-refractivity contribution in [3.05, 3.63) is 29.3 Å². The highest BCUT2D eigenvalue weighted by Gasteiger charge is 2.10. The number of nitrogens with one attached hydrogen (secondary N) is 1. The zero-order valence-corrected chi connectivity index (χ0v) is 10.3. The van der Waals surface area contributed by atoms with Gasteiger partial charge in [-0.25, -0.2) is 4.39 Å². The highest BCUT2D eigenvalue weighted by atomic mass is 35.5. The molecule has 0 saturated heterocycles. The summed E-state index contributed by atoms with van der Waals surface area (Å²) in [5, 5.41) is 7.19. The number of pyridine rings is 1.